The Morgan fingerprint density at radius 1 is 1.20 bits per heavy atom. The number of aromatic nitrogens is 4. The van der Waals surface area contributed by atoms with E-state index in [2.05, 4.69) is 15.4 Å². The summed E-state index contributed by atoms with van der Waals surface area (Å²) >= 11 is 0. The van der Waals surface area contributed by atoms with Crippen molar-refractivity contribution in [2.75, 3.05) is 5.32 Å². The minimum absolute atomic E-state index is 0.0919. The predicted octanol–water partition coefficient (Wildman–Crippen LogP) is 2.27. The third kappa shape index (κ3) is 3.51. The zero-order valence-corrected chi connectivity index (χ0v) is 15.2. The fourth-order valence-corrected chi connectivity index (χ4v) is 2.96. The number of nitro groups is 1. The van der Waals surface area contributed by atoms with Crippen LogP contribution in [0, 0.1) is 15.9 Å². The van der Waals surface area contributed by atoms with Gasteiger partial charge >= 0.3 is 0 Å². The topological polar surface area (TPSA) is 125 Å². The fourth-order valence-electron chi connectivity index (χ4n) is 2.96. The number of nitro benzene ring substituents is 1. The van der Waals surface area contributed by atoms with Crippen molar-refractivity contribution in [2.24, 2.45) is 0 Å². The lowest BCUT2D eigenvalue weighted by molar-refractivity contribution is -0.384. The van der Waals surface area contributed by atoms with Crippen LogP contribution in [-0.4, -0.2) is 30.2 Å². The molecule has 0 radical (unpaired) electrons. The molecule has 0 bridgehead atoms. The van der Waals surface area contributed by atoms with E-state index in [0.29, 0.717) is 0 Å². The molecule has 0 aliphatic heterocycles. The van der Waals surface area contributed by atoms with Crippen LogP contribution in [0.2, 0.25) is 0 Å². The van der Waals surface area contributed by atoms with Gasteiger partial charge in [-0.25, -0.2) is 14.1 Å². The van der Waals surface area contributed by atoms with E-state index in [4.69, 9.17) is 0 Å². The SMILES string of the molecule is O=C(Cn1cnc2c(cnn2-c2ccccc2[N+](=O)[O-])c1=O)Nc1cccc(F)c1. The normalized spacial score (nSPS) is 10.8. The summed E-state index contributed by atoms with van der Waals surface area (Å²) in [5.41, 5.74) is -0.199. The number of carbonyl (C=O) groups excluding carboxylic acids is 1. The molecule has 0 atom stereocenters. The number of amides is 1. The lowest BCUT2D eigenvalue weighted by Crippen LogP contribution is -2.27. The molecule has 4 aromatic rings. The molecule has 0 spiro atoms. The zero-order valence-electron chi connectivity index (χ0n) is 15.2. The van der Waals surface area contributed by atoms with Crippen molar-refractivity contribution in [1.29, 1.82) is 0 Å². The van der Waals surface area contributed by atoms with Gasteiger partial charge in [0.25, 0.3) is 11.2 Å². The minimum atomic E-state index is -0.555. The Morgan fingerprint density at radius 2 is 2.00 bits per heavy atom. The number of rotatable bonds is 5. The van der Waals surface area contributed by atoms with Gasteiger partial charge in [0, 0.05) is 11.8 Å². The molecular weight excluding hydrogens is 395 g/mol. The number of hydrogen-bond donors (Lipinski definition) is 1. The number of fused-ring (bicyclic) bond motifs is 1. The molecule has 4 rings (SSSR count). The molecule has 2 aromatic heterocycles. The summed E-state index contributed by atoms with van der Waals surface area (Å²) in [6, 6.07) is 11.3. The molecule has 1 amide bonds. The Balaban J connectivity index is 1.66. The molecular formula is C19H13FN6O4. The maximum Gasteiger partial charge on any atom is 0.294 e. The fraction of sp³-hybridized carbons (Fsp3) is 0.0526. The molecule has 0 unspecified atom stereocenters. The lowest BCUT2D eigenvalue weighted by atomic mass is 10.2. The second kappa shape index (κ2) is 7.54. The predicted molar refractivity (Wildman–Crippen MR) is 105 cm³/mol. The zero-order chi connectivity index (χ0) is 21.3. The molecule has 10 nitrogen and oxygen atoms in total. The summed E-state index contributed by atoms with van der Waals surface area (Å²) in [6.45, 7) is -0.352. The van der Waals surface area contributed by atoms with Crippen molar-refractivity contribution in [3.05, 3.63) is 87.3 Å². The average molecular weight is 408 g/mol. The summed E-state index contributed by atoms with van der Waals surface area (Å²) in [5, 5.41) is 17.9. The molecule has 1 N–H and O–H groups in total. The van der Waals surface area contributed by atoms with Crippen molar-refractivity contribution in [2.45, 2.75) is 6.54 Å². The number of hydrogen-bond acceptors (Lipinski definition) is 6. The van der Waals surface area contributed by atoms with Gasteiger partial charge in [-0.3, -0.25) is 24.3 Å². The summed E-state index contributed by atoms with van der Waals surface area (Å²) in [5.74, 6) is -1.05. The molecule has 30 heavy (non-hydrogen) atoms. The molecule has 0 aliphatic rings. The van der Waals surface area contributed by atoms with Gasteiger partial charge in [0.2, 0.25) is 5.91 Å². The van der Waals surface area contributed by atoms with E-state index in [1.54, 1.807) is 6.07 Å². The highest BCUT2D eigenvalue weighted by Crippen LogP contribution is 2.23. The highest BCUT2D eigenvalue weighted by atomic mass is 19.1. The van der Waals surface area contributed by atoms with Gasteiger partial charge in [0.15, 0.2) is 5.65 Å². The Bertz CT molecular complexity index is 1350. The van der Waals surface area contributed by atoms with Crippen molar-refractivity contribution in [1.82, 2.24) is 19.3 Å². The first-order valence-electron chi connectivity index (χ1n) is 8.66. The van der Waals surface area contributed by atoms with Gasteiger partial charge in [-0.2, -0.15) is 5.10 Å². The Labute approximate surface area is 167 Å². The summed E-state index contributed by atoms with van der Waals surface area (Å²) in [6.07, 6.45) is 2.39. The Hall–Kier alpha value is -4.41. The molecule has 2 aromatic carbocycles. The Morgan fingerprint density at radius 3 is 2.77 bits per heavy atom. The first-order chi connectivity index (χ1) is 14.4. The van der Waals surface area contributed by atoms with Crippen LogP contribution >= 0.6 is 0 Å². The number of halogens is 1. The smallest absolute Gasteiger partial charge is 0.294 e. The van der Waals surface area contributed by atoms with Gasteiger partial charge < -0.3 is 5.32 Å². The number of carbonyl (C=O) groups is 1. The van der Waals surface area contributed by atoms with Crippen LogP contribution in [0.4, 0.5) is 15.8 Å². The van der Waals surface area contributed by atoms with E-state index in [9.17, 15) is 24.1 Å². The first-order valence-corrected chi connectivity index (χ1v) is 8.66. The Kier molecular flexibility index (Phi) is 4.76. The van der Waals surface area contributed by atoms with E-state index in [0.717, 1.165) is 17.0 Å². The maximum atomic E-state index is 13.2. The second-order valence-corrected chi connectivity index (χ2v) is 6.28. The van der Waals surface area contributed by atoms with Crippen LogP contribution in [0.25, 0.3) is 16.7 Å². The van der Waals surface area contributed by atoms with E-state index in [1.807, 2.05) is 0 Å². The standard InChI is InChI=1S/C19H13FN6O4/c20-12-4-3-5-13(8-12)23-17(27)10-24-11-21-18-14(19(24)28)9-22-25(18)15-6-1-2-7-16(15)26(29)30/h1-9,11H,10H2,(H,23,27). The summed E-state index contributed by atoms with van der Waals surface area (Å²) in [7, 11) is 0. The lowest BCUT2D eigenvalue weighted by Gasteiger charge is -2.08. The van der Waals surface area contributed by atoms with E-state index < -0.39 is 22.2 Å². The van der Waals surface area contributed by atoms with Crippen LogP contribution in [-0.2, 0) is 11.3 Å². The first kappa shape index (κ1) is 18.9. The van der Waals surface area contributed by atoms with Crippen LogP contribution in [0.5, 0.6) is 0 Å². The van der Waals surface area contributed by atoms with E-state index in [1.165, 1.54) is 47.3 Å². The van der Waals surface area contributed by atoms with E-state index >= 15 is 0 Å². The monoisotopic (exact) mass is 408 g/mol. The van der Waals surface area contributed by atoms with Crippen LogP contribution in [0.15, 0.2) is 65.8 Å². The summed E-state index contributed by atoms with van der Waals surface area (Å²) < 4.78 is 15.5. The molecule has 0 fully saturated rings. The molecule has 0 saturated heterocycles. The van der Waals surface area contributed by atoms with Crippen LogP contribution < -0.4 is 10.9 Å². The third-order valence-electron chi connectivity index (χ3n) is 4.28. The number of nitrogens with zero attached hydrogens (tertiary/aromatic N) is 5. The van der Waals surface area contributed by atoms with Gasteiger partial charge in [-0.05, 0) is 24.3 Å². The highest BCUT2D eigenvalue weighted by molar-refractivity contribution is 5.90. The third-order valence-corrected chi connectivity index (χ3v) is 4.28. The average Bonchev–Trinajstić information content (AvgIpc) is 3.15. The number of anilines is 1. The van der Waals surface area contributed by atoms with Gasteiger partial charge in [-0.15, -0.1) is 0 Å². The van der Waals surface area contributed by atoms with Crippen molar-refractivity contribution in [3.63, 3.8) is 0 Å². The highest BCUT2D eigenvalue weighted by Gasteiger charge is 2.19. The quantitative estimate of drug-likeness (QED) is 0.399. The van der Waals surface area contributed by atoms with E-state index in [-0.39, 0.29) is 34.6 Å². The molecule has 11 heteroatoms. The number of benzene rings is 2. The van der Waals surface area contributed by atoms with Crippen LogP contribution in [0.3, 0.4) is 0 Å². The van der Waals surface area contributed by atoms with Gasteiger partial charge in [-0.1, -0.05) is 18.2 Å². The van der Waals surface area contributed by atoms with Crippen molar-refractivity contribution in [3.8, 4) is 5.69 Å². The van der Waals surface area contributed by atoms with Crippen molar-refractivity contribution < 1.29 is 14.1 Å². The van der Waals surface area contributed by atoms with Gasteiger partial charge in [0.05, 0.1) is 11.1 Å². The number of para-hydroxylation sites is 2. The van der Waals surface area contributed by atoms with Crippen LogP contribution in [0.1, 0.15) is 0 Å². The molecule has 0 saturated carbocycles. The summed E-state index contributed by atoms with van der Waals surface area (Å²) in [4.78, 5) is 39.8. The molecule has 2 heterocycles. The van der Waals surface area contributed by atoms with Crippen molar-refractivity contribution >= 4 is 28.3 Å². The maximum absolute atomic E-state index is 13.2. The van der Waals surface area contributed by atoms with Gasteiger partial charge in [0.1, 0.15) is 29.8 Å². The molecule has 150 valence electrons. The second-order valence-electron chi connectivity index (χ2n) is 6.28. The molecule has 0 aliphatic carbocycles. The number of nitrogens with one attached hydrogen (secondary N) is 1. The largest absolute Gasteiger partial charge is 0.324 e. The minimum Gasteiger partial charge on any atom is -0.324 e.